The van der Waals surface area contributed by atoms with Gasteiger partial charge in [-0.15, -0.1) is 0 Å². The van der Waals surface area contributed by atoms with Crippen LogP contribution in [0.4, 0.5) is 5.82 Å². The molecule has 29 heavy (non-hydrogen) atoms. The van der Waals surface area contributed by atoms with Crippen LogP contribution in [0.1, 0.15) is 23.0 Å². The number of rotatable bonds is 5. The van der Waals surface area contributed by atoms with Crippen molar-refractivity contribution in [3.63, 3.8) is 0 Å². The summed E-state index contributed by atoms with van der Waals surface area (Å²) in [5, 5.41) is 8.76. The maximum absolute atomic E-state index is 12.1. The van der Waals surface area contributed by atoms with E-state index >= 15 is 0 Å². The highest BCUT2D eigenvalue weighted by Gasteiger charge is 2.21. The molecule has 0 aliphatic carbocycles. The minimum atomic E-state index is -0.520. The van der Waals surface area contributed by atoms with Crippen molar-refractivity contribution >= 4 is 17.4 Å². The molecular formula is C20H20N6O3. The summed E-state index contributed by atoms with van der Waals surface area (Å²) in [6, 6.07) is 9.45. The van der Waals surface area contributed by atoms with Crippen LogP contribution in [-0.2, 0) is 4.74 Å². The molecule has 0 unspecified atom stereocenters. The number of para-hydroxylation sites is 1. The fraction of sp³-hybridized carbons (Fsp3) is 0.200. The number of aryl methyl sites for hydroxylation is 1. The molecule has 0 bridgehead atoms. The highest BCUT2D eigenvalue weighted by atomic mass is 16.5. The summed E-state index contributed by atoms with van der Waals surface area (Å²) < 4.78 is 13.6. The molecule has 9 nitrogen and oxygen atoms in total. The van der Waals surface area contributed by atoms with Gasteiger partial charge in [0.15, 0.2) is 11.5 Å². The van der Waals surface area contributed by atoms with E-state index in [9.17, 15) is 4.79 Å². The molecule has 148 valence electrons. The normalized spacial score (nSPS) is 11.0. The lowest BCUT2D eigenvalue weighted by molar-refractivity contribution is 0.0527. The molecule has 3 aromatic heterocycles. The lowest BCUT2D eigenvalue weighted by Gasteiger charge is -2.10. The summed E-state index contributed by atoms with van der Waals surface area (Å²) in [5.74, 6) is 0.926. The van der Waals surface area contributed by atoms with Crippen LogP contribution in [0, 0.1) is 6.92 Å². The molecule has 2 N–H and O–H groups in total. The van der Waals surface area contributed by atoms with E-state index < -0.39 is 5.97 Å². The fourth-order valence-electron chi connectivity index (χ4n) is 3.18. The van der Waals surface area contributed by atoms with Gasteiger partial charge >= 0.3 is 5.97 Å². The summed E-state index contributed by atoms with van der Waals surface area (Å²) in [5.41, 5.74) is 9.44. The molecule has 0 saturated carbocycles. The molecule has 0 fully saturated rings. The number of methoxy groups -OCH3 is 1. The number of nitrogens with zero attached hydrogens (tertiary/aromatic N) is 5. The highest BCUT2D eigenvalue weighted by Crippen LogP contribution is 2.33. The number of nitrogen functional groups attached to an aromatic ring is 1. The third-order valence-electron chi connectivity index (χ3n) is 4.50. The van der Waals surface area contributed by atoms with Crippen LogP contribution in [0.5, 0.6) is 5.75 Å². The number of ether oxygens (including phenoxy) is 2. The summed E-state index contributed by atoms with van der Waals surface area (Å²) in [4.78, 5) is 16.7. The van der Waals surface area contributed by atoms with Gasteiger partial charge in [-0.05, 0) is 19.9 Å². The van der Waals surface area contributed by atoms with Crippen LogP contribution in [0.25, 0.3) is 22.6 Å². The molecule has 0 saturated heterocycles. The maximum Gasteiger partial charge on any atom is 0.343 e. The quantitative estimate of drug-likeness (QED) is 0.520. The van der Waals surface area contributed by atoms with Gasteiger partial charge in [0.1, 0.15) is 17.1 Å². The van der Waals surface area contributed by atoms with E-state index in [1.807, 2.05) is 31.2 Å². The van der Waals surface area contributed by atoms with Crippen molar-refractivity contribution in [2.24, 2.45) is 0 Å². The van der Waals surface area contributed by atoms with Crippen molar-refractivity contribution in [1.29, 1.82) is 0 Å². The average molecular weight is 392 g/mol. The molecule has 0 atom stereocenters. The first kappa shape index (κ1) is 18.5. The molecule has 0 aliphatic heterocycles. The number of hydrogen-bond acceptors (Lipinski definition) is 7. The number of benzene rings is 1. The monoisotopic (exact) mass is 392 g/mol. The first-order chi connectivity index (χ1) is 14.0. The van der Waals surface area contributed by atoms with Crippen LogP contribution >= 0.6 is 0 Å². The third-order valence-corrected chi connectivity index (χ3v) is 4.50. The lowest BCUT2D eigenvalue weighted by Crippen LogP contribution is -2.12. The number of aromatic nitrogens is 5. The number of nitrogens with two attached hydrogens (primary N) is 1. The van der Waals surface area contributed by atoms with Gasteiger partial charge in [-0.2, -0.15) is 19.4 Å². The van der Waals surface area contributed by atoms with E-state index in [1.54, 1.807) is 30.8 Å². The second-order valence-corrected chi connectivity index (χ2v) is 6.33. The molecule has 0 spiro atoms. The molecule has 0 amide bonds. The third kappa shape index (κ3) is 3.06. The van der Waals surface area contributed by atoms with Crippen LogP contribution < -0.4 is 10.5 Å². The fourth-order valence-corrected chi connectivity index (χ4v) is 3.18. The molecular weight excluding hydrogens is 372 g/mol. The van der Waals surface area contributed by atoms with Gasteiger partial charge in [0.05, 0.1) is 31.7 Å². The number of fused-ring (bicyclic) bond motifs is 1. The Morgan fingerprint density at radius 1 is 1.17 bits per heavy atom. The molecule has 9 heteroatoms. The first-order valence-corrected chi connectivity index (χ1v) is 9.05. The van der Waals surface area contributed by atoms with Gasteiger partial charge in [0, 0.05) is 17.3 Å². The Kier molecular flexibility index (Phi) is 4.63. The number of esters is 1. The van der Waals surface area contributed by atoms with Crippen molar-refractivity contribution in [2.45, 2.75) is 13.8 Å². The van der Waals surface area contributed by atoms with Crippen molar-refractivity contribution in [3.05, 3.63) is 54.0 Å². The summed E-state index contributed by atoms with van der Waals surface area (Å²) in [6.07, 6.45) is 3.11. The van der Waals surface area contributed by atoms with Gasteiger partial charge in [-0.25, -0.2) is 9.78 Å². The Morgan fingerprint density at radius 3 is 2.72 bits per heavy atom. The van der Waals surface area contributed by atoms with Crippen LogP contribution in [0.3, 0.4) is 0 Å². The second kappa shape index (κ2) is 7.27. The van der Waals surface area contributed by atoms with Gasteiger partial charge in [-0.3, -0.25) is 0 Å². The molecule has 1 aromatic carbocycles. The molecule has 4 rings (SSSR count). The average Bonchev–Trinajstić information content (AvgIpc) is 3.31. The van der Waals surface area contributed by atoms with Crippen molar-refractivity contribution < 1.29 is 14.3 Å². The Morgan fingerprint density at radius 2 is 1.97 bits per heavy atom. The highest BCUT2D eigenvalue weighted by molar-refractivity contribution is 5.94. The summed E-state index contributed by atoms with van der Waals surface area (Å²) in [6.45, 7) is 3.86. The Bertz CT molecular complexity index is 1210. The number of anilines is 1. The predicted molar refractivity (Wildman–Crippen MR) is 107 cm³/mol. The van der Waals surface area contributed by atoms with E-state index in [2.05, 4.69) is 15.2 Å². The zero-order valence-corrected chi connectivity index (χ0v) is 16.3. The minimum Gasteiger partial charge on any atom is -0.496 e. The minimum absolute atomic E-state index is 0.171. The van der Waals surface area contributed by atoms with E-state index in [0.29, 0.717) is 11.5 Å². The van der Waals surface area contributed by atoms with Gasteiger partial charge in [-0.1, -0.05) is 18.2 Å². The summed E-state index contributed by atoms with van der Waals surface area (Å²) in [7, 11) is 1.62. The topological polar surface area (TPSA) is 110 Å². The van der Waals surface area contributed by atoms with E-state index in [1.165, 1.54) is 10.9 Å². The summed E-state index contributed by atoms with van der Waals surface area (Å²) >= 11 is 0. The van der Waals surface area contributed by atoms with E-state index in [0.717, 1.165) is 22.6 Å². The lowest BCUT2D eigenvalue weighted by atomic mass is 10.1. The number of carbonyl (C=O) groups is 1. The second-order valence-electron chi connectivity index (χ2n) is 6.33. The Balaban J connectivity index is 1.90. The predicted octanol–water partition coefficient (Wildman–Crippen LogP) is 2.66. The van der Waals surface area contributed by atoms with Crippen molar-refractivity contribution in [2.75, 3.05) is 19.5 Å². The Labute approximate surface area is 166 Å². The van der Waals surface area contributed by atoms with E-state index in [-0.39, 0.29) is 18.0 Å². The van der Waals surface area contributed by atoms with E-state index in [4.69, 9.17) is 15.2 Å². The maximum atomic E-state index is 12.1. The SMILES string of the molecule is CCOC(=O)c1cnn(-c2cc(C)nc3c(-c4ccccc4OC)cnn23)c1N. The van der Waals surface area contributed by atoms with Gasteiger partial charge in [0.2, 0.25) is 0 Å². The van der Waals surface area contributed by atoms with Gasteiger partial charge < -0.3 is 15.2 Å². The largest absolute Gasteiger partial charge is 0.496 e. The standard InChI is InChI=1S/C20H20N6O3/c1-4-29-20(27)15-11-22-25(18(15)21)17-9-12(2)24-19-14(10-23-26(17)19)13-7-5-6-8-16(13)28-3/h5-11H,4,21H2,1-3H3. The number of hydrogen-bond donors (Lipinski definition) is 1. The molecule has 3 heterocycles. The zero-order valence-electron chi connectivity index (χ0n) is 16.3. The van der Waals surface area contributed by atoms with Crippen LogP contribution in [-0.4, -0.2) is 44.1 Å². The smallest absolute Gasteiger partial charge is 0.343 e. The van der Waals surface area contributed by atoms with Crippen LogP contribution in [0.2, 0.25) is 0 Å². The number of carbonyl (C=O) groups excluding carboxylic acids is 1. The van der Waals surface area contributed by atoms with Crippen molar-refractivity contribution in [3.8, 4) is 22.7 Å². The molecule has 0 aliphatic rings. The van der Waals surface area contributed by atoms with Gasteiger partial charge in [0.25, 0.3) is 0 Å². The Hall–Kier alpha value is -3.88. The zero-order chi connectivity index (χ0) is 20.5. The molecule has 0 radical (unpaired) electrons. The first-order valence-electron chi connectivity index (χ1n) is 9.05. The van der Waals surface area contributed by atoms with Crippen LogP contribution in [0.15, 0.2) is 42.7 Å². The van der Waals surface area contributed by atoms with Crippen molar-refractivity contribution in [1.82, 2.24) is 24.4 Å². The molecule has 4 aromatic rings.